The zero-order chi connectivity index (χ0) is 42.0. The van der Waals surface area contributed by atoms with Gasteiger partial charge in [0.05, 0.1) is 42.3 Å². The molecule has 2 aliphatic heterocycles. The number of carbonyl (C=O) groups is 2. The van der Waals surface area contributed by atoms with Crippen molar-refractivity contribution in [2.24, 2.45) is 23.7 Å². The Morgan fingerprint density at radius 3 is 2.34 bits per heavy atom. The number of urea groups is 1. The Bertz CT molecular complexity index is 1410. The molecule has 6 N–H and O–H groups in total. The molecule has 56 heavy (non-hydrogen) atoms. The molecular weight excluding hydrogens is 720 g/mol. The van der Waals surface area contributed by atoms with E-state index in [0.717, 1.165) is 5.56 Å². The van der Waals surface area contributed by atoms with Gasteiger partial charge in [-0.1, -0.05) is 58.0 Å². The first-order chi connectivity index (χ1) is 26.2. The highest BCUT2D eigenvalue weighted by Gasteiger charge is 2.49. The number of benzene rings is 1. The highest BCUT2D eigenvalue weighted by atomic mass is 16.7. The average Bonchev–Trinajstić information content (AvgIpc) is 3.15. The van der Waals surface area contributed by atoms with E-state index in [1.54, 1.807) is 32.6 Å². The highest BCUT2D eigenvalue weighted by Crippen LogP contribution is 2.37. The van der Waals surface area contributed by atoms with Crippen molar-refractivity contribution in [2.75, 3.05) is 26.2 Å². The second-order valence-electron chi connectivity index (χ2n) is 17.0. The maximum absolute atomic E-state index is 13.6. The van der Waals surface area contributed by atoms with Gasteiger partial charge in [-0.05, 0) is 77.7 Å². The Kier molecular flexibility index (Phi) is 18.0. The van der Waals surface area contributed by atoms with E-state index in [0.29, 0.717) is 39.0 Å². The van der Waals surface area contributed by atoms with Gasteiger partial charge in [-0.3, -0.25) is 9.69 Å². The van der Waals surface area contributed by atoms with Gasteiger partial charge >= 0.3 is 12.0 Å². The molecule has 14 heteroatoms. The third-order valence-electron chi connectivity index (χ3n) is 11.9. The minimum atomic E-state index is -1.89. The summed E-state index contributed by atoms with van der Waals surface area (Å²) in [6, 6.07) is 10.6. The van der Waals surface area contributed by atoms with Crippen molar-refractivity contribution in [3.8, 4) is 6.07 Å². The second-order valence-corrected chi connectivity index (χ2v) is 17.0. The van der Waals surface area contributed by atoms with Gasteiger partial charge in [-0.25, -0.2) is 4.79 Å². The Morgan fingerprint density at radius 2 is 1.71 bits per heavy atom. The van der Waals surface area contributed by atoms with Crippen LogP contribution >= 0.6 is 0 Å². The molecule has 0 aromatic heterocycles. The van der Waals surface area contributed by atoms with E-state index in [1.807, 2.05) is 56.0 Å². The van der Waals surface area contributed by atoms with E-state index in [1.165, 1.54) is 13.8 Å². The number of nitrogens with one attached hydrogen (secondary N) is 1. The van der Waals surface area contributed by atoms with E-state index in [4.69, 9.17) is 14.2 Å². The van der Waals surface area contributed by atoms with Gasteiger partial charge < -0.3 is 50.0 Å². The van der Waals surface area contributed by atoms with Crippen LogP contribution in [0.1, 0.15) is 100.0 Å². The Morgan fingerprint density at radius 1 is 1.05 bits per heavy atom. The predicted molar refractivity (Wildman–Crippen MR) is 211 cm³/mol. The number of ether oxygens (including phenoxy) is 3. The van der Waals surface area contributed by atoms with Gasteiger partial charge in [0.25, 0.3) is 0 Å². The molecule has 318 valence electrons. The van der Waals surface area contributed by atoms with Gasteiger partial charge in [-0.15, -0.1) is 0 Å². The van der Waals surface area contributed by atoms with Gasteiger partial charge in [0.1, 0.15) is 23.9 Å². The zero-order valence-corrected chi connectivity index (χ0v) is 35.0. The third-order valence-corrected chi connectivity index (χ3v) is 11.9. The molecule has 0 unspecified atom stereocenters. The standard InChI is InChI=1S/C42H70N4O10/c1-10-33-42(9,53)36(49)31(7)46(21-15-20-45(19-14-18-43)40(51)44-24-32-16-12-11-13-17-32)25-26(2)23-41(8,52)37(29(5)35(48)30(6)38(50)55-33)56-39-34(47)27(3)22-28(4)54-39/h11-13,16-17,26-31,33-37,39,47-49,52-53H,10,14-15,19-25H2,1-9H3,(H,44,51)/t26-,27-,28+,29+,30-,31-,33-,34+,35+,36-,37-,39-,41-,42-/m1/s1. The molecule has 0 radical (unpaired) electrons. The molecule has 14 atom stereocenters. The summed E-state index contributed by atoms with van der Waals surface area (Å²) in [5.74, 6) is -3.12. The van der Waals surface area contributed by atoms with Crippen LogP contribution in [0.4, 0.5) is 4.79 Å². The summed E-state index contributed by atoms with van der Waals surface area (Å²) in [5.41, 5.74) is -2.56. The maximum atomic E-state index is 13.6. The molecule has 2 fully saturated rings. The van der Waals surface area contributed by atoms with Gasteiger partial charge in [0, 0.05) is 44.7 Å². The zero-order valence-electron chi connectivity index (χ0n) is 35.0. The molecule has 1 aromatic carbocycles. The molecule has 1 aromatic rings. The van der Waals surface area contributed by atoms with Crippen LogP contribution in [-0.2, 0) is 25.5 Å². The summed E-state index contributed by atoms with van der Waals surface area (Å²) in [5, 5.41) is 70.9. The molecule has 2 heterocycles. The summed E-state index contributed by atoms with van der Waals surface area (Å²) < 4.78 is 18.3. The van der Waals surface area contributed by atoms with Crippen LogP contribution in [0, 0.1) is 35.0 Å². The van der Waals surface area contributed by atoms with E-state index >= 15 is 0 Å². The number of amides is 2. The molecule has 0 spiro atoms. The summed E-state index contributed by atoms with van der Waals surface area (Å²) in [4.78, 5) is 30.5. The number of aliphatic hydroxyl groups excluding tert-OH is 3. The van der Waals surface area contributed by atoms with E-state index in [2.05, 4.69) is 11.4 Å². The molecular formula is C42H70N4O10. The average molecular weight is 791 g/mol. The highest BCUT2D eigenvalue weighted by molar-refractivity contribution is 5.74. The van der Waals surface area contributed by atoms with Crippen molar-refractivity contribution < 1.29 is 49.3 Å². The normalized spacial score (nSPS) is 38.1. The van der Waals surface area contributed by atoms with E-state index in [-0.39, 0.29) is 49.8 Å². The molecule has 0 saturated carbocycles. The van der Waals surface area contributed by atoms with Crippen molar-refractivity contribution in [1.82, 2.24) is 15.1 Å². The number of nitrogens with zero attached hydrogens (tertiary/aromatic N) is 3. The summed E-state index contributed by atoms with van der Waals surface area (Å²) in [6.45, 7) is 17.1. The smallest absolute Gasteiger partial charge is 0.317 e. The lowest BCUT2D eigenvalue weighted by atomic mass is 9.78. The first-order valence-electron chi connectivity index (χ1n) is 20.4. The molecule has 0 bridgehead atoms. The summed E-state index contributed by atoms with van der Waals surface area (Å²) in [7, 11) is 0. The van der Waals surface area contributed by atoms with E-state index in [9.17, 15) is 40.4 Å². The number of rotatable bonds is 11. The van der Waals surface area contributed by atoms with Crippen LogP contribution in [0.15, 0.2) is 30.3 Å². The molecule has 2 aliphatic rings. The molecule has 2 saturated heterocycles. The fourth-order valence-electron chi connectivity index (χ4n) is 8.50. The number of esters is 1. The quantitative estimate of drug-likeness (QED) is 0.178. The van der Waals surface area contributed by atoms with Gasteiger partial charge in [0.2, 0.25) is 0 Å². The third kappa shape index (κ3) is 12.6. The Labute approximate surface area is 334 Å². The molecule has 2 amide bonds. The fourth-order valence-corrected chi connectivity index (χ4v) is 8.50. The van der Waals surface area contributed by atoms with Gasteiger partial charge in [-0.2, -0.15) is 5.26 Å². The van der Waals surface area contributed by atoms with Crippen LogP contribution in [-0.4, -0.2) is 134 Å². The number of hydrogen-bond acceptors (Lipinski definition) is 12. The first kappa shape index (κ1) is 47.5. The van der Waals surface area contributed by atoms with Crippen molar-refractivity contribution in [3.05, 3.63) is 35.9 Å². The van der Waals surface area contributed by atoms with Crippen molar-refractivity contribution >= 4 is 12.0 Å². The monoisotopic (exact) mass is 791 g/mol. The number of aliphatic hydroxyl groups is 5. The van der Waals surface area contributed by atoms with Crippen LogP contribution in [0.25, 0.3) is 0 Å². The second kappa shape index (κ2) is 21.2. The van der Waals surface area contributed by atoms with Crippen LogP contribution < -0.4 is 5.32 Å². The van der Waals surface area contributed by atoms with E-state index < -0.39 is 71.9 Å². The number of cyclic esters (lactones) is 1. The summed E-state index contributed by atoms with van der Waals surface area (Å²) >= 11 is 0. The topological polar surface area (TPSA) is 205 Å². The number of carbonyl (C=O) groups excluding carboxylic acids is 2. The Balaban J connectivity index is 1.94. The largest absolute Gasteiger partial charge is 0.459 e. The lowest BCUT2D eigenvalue weighted by molar-refractivity contribution is -0.298. The fraction of sp³-hybridized carbons (Fsp3) is 0.786. The summed E-state index contributed by atoms with van der Waals surface area (Å²) in [6.07, 6.45) is -5.69. The minimum Gasteiger partial charge on any atom is -0.459 e. The SMILES string of the molecule is CC[C@H]1OC(=O)[C@H](C)[C@@H](O)[C@H](C)[C@@H](O[C@H]2O[C@@H](C)C[C@@H](C)[C@@H]2O)[C@](C)(O)C[C@@H](C)CN(CCCN(CCC#N)C(=O)NCc2ccccc2)[C@H](C)[C@@H](O)[C@]1(C)O. The predicted octanol–water partition coefficient (Wildman–Crippen LogP) is 3.57. The number of hydrogen-bond donors (Lipinski definition) is 6. The first-order valence-corrected chi connectivity index (χ1v) is 20.4. The maximum Gasteiger partial charge on any atom is 0.317 e. The van der Waals surface area contributed by atoms with Crippen LogP contribution in [0.2, 0.25) is 0 Å². The molecule has 3 rings (SSSR count). The molecule has 14 nitrogen and oxygen atoms in total. The lowest BCUT2D eigenvalue weighted by Crippen LogP contribution is -2.59. The van der Waals surface area contributed by atoms with Crippen molar-refractivity contribution in [3.63, 3.8) is 0 Å². The number of nitriles is 1. The van der Waals surface area contributed by atoms with Crippen molar-refractivity contribution in [2.45, 2.75) is 161 Å². The lowest BCUT2D eigenvalue weighted by Gasteiger charge is -2.45. The Hall–Kier alpha value is -2.87. The molecule has 0 aliphatic carbocycles. The van der Waals surface area contributed by atoms with Crippen molar-refractivity contribution in [1.29, 1.82) is 5.26 Å². The van der Waals surface area contributed by atoms with Crippen LogP contribution in [0.3, 0.4) is 0 Å². The minimum absolute atomic E-state index is 0.144. The van der Waals surface area contributed by atoms with Gasteiger partial charge in [0.15, 0.2) is 6.29 Å². The van der Waals surface area contributed by atoms with Crippen LogP contribution in [0.5, 0.6) is 0 Å².